The highest BCUT2D eigenvalue weighted by atomic mass is 19.1. The van der Waals surface area contributed by atoms with E-state index in [0.29, 0.717) is 17.9 Å². The van der Waals surface area contributed by atoms with E-state index in [1.165, 1.54) is 28.9 Å². The fourth-order valence-corrected chi connectivity index (χ4v) is 4.07. The minimum atomic E-state index is -0.616. The van der Waals surface area contributed by atoms with Crippen LogP contribution >= 0.6 is 0 Å². The molecule has 2 aromatic carbocycles. The fourth-order valence-electron chi connectivity index (χ4n) is 4.07. The van der Waals surface area contributed by atoms with Crippen LogP contribution in [0.3, 0.4) is 0 Å². The smallest absolute Gasteiger partial charge is 0.282 e. The number of benzene rings is 2. The minimum Gasteiger partial charge on any atom is -0.370 e. The number of H-pyrrole nitrogens is 1. The van der Waals surface area contributed by atoms with Crippen LogP contribution in [0.15, 0.2) is 53.0 Å². The second kappa shape index (κ2) is 8.20. The maximum Gasteiger partial charge on any atom is 0.282 e. The summed E-state index contributed by atoms with van der Waals surface area (Å²) >= 11 is 0. The van der Waals surface area contributed by atoms with Gasteiger partial charge in [0, 0.05) is 19.3 Å². The van der Waals surface area contributed by atoms with Gasteiger partial charge in [-0.2, -0.15) is 0 Å². The van der Waals surface area contributed by atoms with E-state index in [4.69, 9.17) is 0 Å². The van der Waals surface area contributed by atoms with Gasteiger partial charge in [0.15, 0.2) is 0 Å². The summed E-state index contributed by atoms with van der Waals surface area (Å²) in [6, 6.07) is 10.8. The third-order valence-electron chi connectivity index (χ3n) is 6.14. The molecule has 0 spiro atoms. The molecular formula is C25H25FN4O3. The van der Waals surface area contributed by atoms with Crippen molar-refractivity contribution >= 4 is 23.1 Å². The van der Waals surface area contributed by atoms with Crippen LogP contribution in [0, 0.1) is 26.6 Å². The SMILES string of the molecule is CCN(C)C1=C(c2c(C)[nH]n(-c3cccc(C)c3C)c2=O)C(=O)N(c2ccc(F)cc2)C1=O. The molecule has 0 atom stereocenters. The second-order valence-corrected chi connectivity index (χ2v) is 8.13. The van der Waals surface area contributed by atoms with Crippen molar-refractivity contribution in [2.24, 2.45) is 0 Å². The topological polar surface area (TPSA) is 78.4 Å². The molecule has 170 valence electrons. The van der Waals surface area contributed by atoms with E-state index in [0.717, 1.165) is 16.0 Å². The van der Waals surface area contributed by atoms with Crippen molar-refractivity contribution < 1.29 is 14.0 Å². The summed E-state index contributed by atoms with van der Waals surface area (Å²) in [6.07, 6.45) is 0. The Morgan fingerprint density at radius 1 is 0.970 bits per heavy atom. The summed E-state index contributed by atoms with van der Waals surface area (Å²) in [5, 5.41) is 3.07. The molecule has 3 aromatic rings. The Balaban J connectivity index is 1.93. The molecule has 0 radical (unpaired) electrons. The van der Waals surface area contributed by atoms with Gasteiger partial charge in [0.05, 0.1) is 22.5 Å². The number of carbonyl (C=O) groups is 2. The molecule has 1 N–H and O–H groups in total. The molecule has 0 aliphatic carbocycles. The zero-order valence-electron chi connectivity index (χ0n) is 19.2. The molecular weight excluding hydrogens is 423 g/mol. The normalized spacial score (nSPS) is 13.9. The highest BCUT2D eigenvalue weighted by Gasteiger charge is 2.43. The molecule has 0 saturated carbocycles. The van der Waals surface area contributed by atoms with Crippen molar-refractivity contribution in [1.82, 2.24) is 14.7 Å². The highest BCUT2D eigenvalue weighted by molar-refractivity contribution is 6.45. The lowest BCUT2D eigenvalue weighted by molar-refractivity contribution is -0.120. The largest absolute Gasteiger partial charge is 0.370 e. The van der Waals surface area contributed by atoms with Gasteiger partial charge in [0.1, 0.15) is 11.5 Å². The van der Waals surface area contributed by atoms with E-state index in [1.807, 2.05) is 39.0 Å². The van der Waals surface area contributed by atoms with E-state index >= 15 is 0 Å². The number of hydrogen-bond acceptors (Lipinski definition) is 4. The third kappa shape index (κ3) is 3.47. The highest BCUT2D eigenvalue weighted by Crippen LogP contribution is 2.34. The van der Waals surface area contributed by atoms with E-state index in [-0.39, 0.29) is 22.5 Å². The molecule has 0 fully saturated rings. The molecule has 0 unspecified atom stereocenters. The first-order valence-corrected chi connectivity index (χ1v) is 10.7. The Hall–Kier alpha value is -3.94. The monoisotopic (exact) mass is 448 g/mol. The standard InChI is InChI=1S/C25H25FN4O3/c1-6-28(5)22-21(23(31)29(25(22)33)18-12-10-17(26)11-13-18)20-16(4)27-30(24(20)32)19-9-7-8-14(2)15(19)3/h7-13,27H,6H2,1-5H3. The first kappa shape index (κ1) is 22.3. The summed E-state index contributed by atoms with van der Waals surface area (Å²) in [7, 11) is 1.69. The van der Waals surface area contributed by atoms with Gasteiger partial charge in [-0.05, 0) is 69.2 Å². The summed E-state index contributed by atoms with van der Waals surface area (Å²) in [6.45, 7) is 7.87. The quantitative estimate of drug-likeness (QED) is 0.607. The average Bonchev–Trinajstić information content (AvgIpc) is 3.21. The van der Waals surface area contributed by atoms with E-state index in [2.05, 4.69) is 5.10 Å². The molecule has 1 aliphatic rings. The van der Waals surface area contributed by atoms with Crippen LogP contribution in [0.5, 0.6) is 0 Å². The third-order valence-corrected chi connectivity index (χ3v) is 6.14. The lowest BCUT2D eigenvalue weighted by Gasteiger charge is -2.19. The second-order valence-electron chi connectivity index (χ2n) is 8.13. The average molecular weight is 448 g/mol. The number of hydrogen-bond donors (Lipinski definition) is 1. The van der Waals surface area contributed by atoms with Crippen molar-refractivity contribution in [3.63, 3.8) is 0 Å². The van der Waals surface area contributed by atoms with Gasteiger partial charge >= 0.3 is 0 Å². The number of rotatable bonds is 5. The van der Waals surface area contributed by atoms with Gasteiger partial charge in [-0.15, -0.1) is 0 Å². The molecule has 33 heavy (non-hydrogen) atoms. The number of imide groups is 1. The number of aryl methyl sites for hydroxylation is 2. The van der Waals surface area contributed by atoms with E-state index < -0.39 is 23.2 Å². The predicted molar refractivity (Wildman–Crippen MR) is 125 cm³/mol. The van der Waals surface area contributed by atoms with Crippen molar-refractivity contribution in [2.75, 3.05) is 18.5 Å². The van der Waals surface area contributed by atoms with Gasteiger partial charge < -0.3 is 4.90 Å². The molecule has 0 saturated heterocycles. The summed E-state index contributed by atoms with van der Waals surface area (Å²) < 4.78 is 14.8. The number of nitrogens with zero attached hydrogens (tertiary/aromatic N) is 3. The van der Waals surface area contributed by atoms with Gasteiger partial charge in [0.2, 0.25) is 0 Å². The molecule has 0 bridgehead atoms. The molecule has 4 rings (SSSR count). The van der Waals surface area contributed by atoms with Crippen molar-refractivity contribution in [3.8, 4) is 5.69 Å². The Bertz CT molecular complexity index is 1370. The van der Waals surface area contributed by atoms with Crippen LogP contribution in [0.4, 0.5) is 10.1 Å². The first-order chi connectivity index (χ1) is 15.7. The number of nitrogens with one attached hydrogen (secondary N) is 1. The van der Waals surface area contributed by atoms with Crippen LogP contribution in [0.25, 0.3) is 11.3 Å². The molecule has 2 heterocycles. The van der Waals surface area contributed by atoms with Crippen LogP contribution in [0.2, 0.25) is 0 Å². The lowest BCUT2D eigenvalue weighted by Crippen LogP contribution is -2.34. The predicted octanol–water partition coefficient (Wildman–Crippen LogP) is 3.47. The molecule has 1 aliphatic heterocycles. The van der Waals surface area contributed by atoms with Crippen LogP contribution < -0.4 is 10.5 Å². The zero-order chi connectivity index (χ0) is 24.0. The van der Waals surface area contributed by atoms with Crippen molar-refractivity contribution in [2.45, 2.75) is 27.7 Å². The molecule has 2 amide bonds. The van der Waals surface area contributed by atoms with Crippen molar-refractivity contribution in [3.05, 3.63) is 86.7 Å². The van der Waals surface area contributed by atoms with Gasteiger partial charge in [0.25, 0.3) is 17.4 Å². The van der Waals surface area contributed by atoms with E-state index in [1.54, 1.807) is 18.9 Å². The summed E-state index contributed by atoms with van der Waals surface area (Å²) in [5.41, 5.74) is 3.24. The molecule has 1 aromatic heterocycles. The summed E-state index contributed by atoms with van der Waals surface area (Å²) in [4.78, 5) is 43.2. The van der Waals surface area contributed by atoms with Gasteiger partial charge in [-0.3, -0.25) is 19.5 Å². The Labute approximate surface area is 190 Å². The van der Waals surface area contributed by atoms with Crippen LogP contribution in [-0.2, 0) is 9.59 Å². The van der Waals surface area contributed by atoms with Crippen LogP contribution in [0.1, 0.15) is 29.3 Å². The van der Waals surface area contributed by atoms with E-state index in [9.17, 15) is 18.8 Å². The lowest BCUT2D eigenvalue weighted by atomic mass is 10.0. The number of aromatic nitrogens is 2. The maximum atomic E-state index is 13.6. The number of carbonyl (C=O) groups excluding carboxylic acids is 2. The minimum absolute atomic E-state index is 0.0384. The van der Waals surface area contributed by atoms with Crippen LogP contribution in [-0.4, -0.2) is 40.1 Å². The zero-order valence-corrected chi connectivity index (χ0v) is 19.2. The maximum absolute atomic E-state index is 13.6. The van der Waals surface area contributed by atoms with Gasteiger partial charge in [-0.1, -0.05) is 12.1 Å². The number of likely N-dealkylation sites (N-methyl/N-ethyl adjacent to an activating group) is 1. The fraction of sp³-hybridized carbons (Fsp3) is 0.240. The number of halogens is 1. The Morgan fingerprint density at radius 3 is 2.27 bits per heavy atom. The van der Waals surface area contributed by atoms with Gasteiger partial charge in [-0.25, -0.2) is 14.0 Å². The van der Waals surface area contributed by atoms with Crippen molar-refractivity contribution in [1.29, 1.82) is 0 Å². The Morgan fingerprint density at radius 2 is 1.64 bits per heavy atom. The molecule has 7 nitrogen and oxygen atoms in total. The number of anilines is 1. The summed E-state index contributed by atoms with van der Waals surface area (Å²) in [5.74, 6) is -1.65. The number of aromatic amines is 1. The Kier molecular flexibility index (Phi) is 5.53. The first-order valence-electron chi connectivity index (χ1n) is 10.7. The number of amides is 2. The molecule has 8 heteroatoms.